The smallest absolute Gasteiger partial charge is 0.254 e. The molecule has 196 valence electrons. The summed E-state index contributed by atoms with van der Waals surface area (Å²) >= 11 is 1.53. The molecule has 1 amide bonds. The molecule has 1 fully saturated rings. The first-order chi connectivity index (χ1) is 17.4. The Kier molecular flexibility index (Phi) is 9.13. The van der Waals surface area contributed by atoms with Crippen molar-refractivity contribution < 1.29 is 27.5 Å². The van der Waals surface area contributed by atoms with Crippen molar-refractivity contribution in [2.24, 2.45) is 0 Å². The van der Waals surface area contributed by atoms with Gasteiger partial charge < -0.3 is 20.1 Å². The number of nitrogens with zero attached hydrogens (tertiary/aromatic N) is 1. The minimum Gasteiger partial charge on any atom is -0.385 e. The maximum absolute atomic E-state index is 13.0. The quantitative estimate of drug-likeness (QED) is 0.336. The largest absolute Gasteiger partial charge is 0.385 e. The second-order valence-electron chi connectivity index (χ2n) is 8.84. The summed E-state index contributed by atoms with van der Waals surface area (Å²) in [7, 11) is -2.07. The number of aryl methyl sites for hydroxylation is 1. The summed E-state index contributed by atoms with van der Waals surface area (Å²) in [5.74, 6) is -0.383. The van der Waals surface area contributed by atoms with Gasteiger partial charge in [0.2, 0.25) is 10.0 Å². The van der Waals surface area contributed by atoms with E-state index in [0.29, 0.717) is 55.6 Å². The van der Waals surface area contributed by atoms with Crippen LogP contribution in [0.15, 0.2) is 29.2 Å². The fraction of sp³-hybridized carbons (Fsp3) is 0.520. The number of morpholine rings is 1. The van der Waals surface area contributed by atoms with Crippen LogP contribution in [0.3, 0.4) is 0 Å². The number of thiophene rings is 1. The van der Waals surface area contributed by atoms with Crippen LogP contribution in [0.5, 0.6) is 0 Å². The van der Waals surface area contributed by atoms with E-state index in [1.807, 2.05) is 0 Å². The molecule has 0 atom stereocenters. The van der Waals surface area contributed by atoms with Gasteiger partial charge >= 0.3 is 0 Å². The summed E-state index contributed by atoms with van der Waals surface area (Å²) in [6.07, 6.45) is 4.63. The lowest BCUT2D eigenvalue weighted by atomic mass is 9.95. The number of carbonyl (C=O) groups is 2. The average Bonchev–Trinajstić information content (AvgIpc) is 3.28. The van der Waals surface area contributed by atoms with Gasteiger partial charge in [0.25, 0.3) is 5.91 Å². The van der Waals surface area contributed by atoms with Crippen molar-refractivity contribution in [3.05, 3.63) is 45.8 Å². The number of benzene rings is 1. The average molecular weight is 536 g/mol. The second-order valence-corrected chi connectivity index (χ2v) is 11.9. The molecule has 2 N–H and O–H groups in total. The van der Waals surface area contributed by atoms with Crippen molar-refractivity contribution in [2.75, 3.05) is 58.4 Å². The molecule has 1 saturated heterocycles. The van der Waals surface area contributed by atoms with Crippen LogP contribution >= 0.6 is 11.3 Å². The van der Waals surface area contributed by atoms with Gasteiger partial charge in [0.1, 0.15) is 5.00 Å². The normalized spacial score (nSPS) is 16.4. The minimum absolute atomic E-state index is 0.0373. The number of nitrogens with one attached hydrogen (secondary N) is 2. The second kappa shape index (κ2) is 12.3. The molecule has 0 radical (unpaired) electrons. The van der Waals surface area contributed by atoms with Crippen LogP contribution in [0.1, 0.15) is 50.4 Å². The van der Waals surface area contributed by atoms with Gasteiger partial charge in [-0.3, -0.25) is 9.59 Å². The highest BCUT2D eigenvalue weighted by Crippen LogP contribution is 2.38. The van der Waals surface area contributed by atoms with E-state index in [-0.39, 0.29) is 23.1 Å². The monoisotopic (exact) mass is 535 g/mol. The van der Waals surface area contributed by atoms with Crippen molar-refractivity contribution >= 4 is 38.1 Å². The van der Waals surface area contributed by atoms with Crippen LogP contribution < -0.4 is 10.6 Å². The molecule has 1 aliphatic heterocycles. The minimum atomic E-state index is -3.70. The van der Waals surface area contributed by atoms with E-state index >= 15 is 0 Å². The molecule has 1 aliphatic carbocycles. The third kappa shape index (κ3) is 6.15. The number of methoxy groups -OCH3 is 1. The molecule has 2 aromatic rings. The molecule has 2 aliphatic rings. The Morgan fingerprint density at radius 1 is 1.17 bits per heavy atom. The van der Waals surface area contributed by atoms with E-state index in [2.05, 4.69) is 10.6 Å². The van der Waals surface area contributed by atoms with Crippen molar-refractivity contribution in [3.63, 3.8) is 0 Å². The van der Waals surface area contributed by atoms with Gasteiger partial charge in [-0.05, 0) is 49.8 Å². The molecule has 1 aromatic carbocycles. The van der Waals surface area contributed by atoms with Crippen LogP contribution in [0.25, 0.3) is 0 Å². The molecular formula is C25H33N3O6S2. The first-order valence-electron chi connectivity index (χ1n) is 12.3. The van der Waals surface area contributed by atoms with Gasteiger partial charge in [0.15, 0.2) is 5.78 Å². The summed E-state index contributed by atoms with van der Waals surface area (Å²) in [6, 6.07) is 6.14. The summed E-state index contributed by atoms with van der Waals surface area (Å²) in [5.41, 5.74) is 2.01. The van der Waals surface area contributed by atoms with E-state index in [4.69, 9.17) is 9.47 Å². The third-order valence-corrected chi connectivity index (χ3v) is 9.53. The highest BCUT2D eigenvalue weighted by molar-refractivity contribution is 7.89. The van der Waals surface area contributed by atoms with Crippen LogP contribution in [-0.2, 0) is 32.3 Å². The Hall–Kier alpha value is -2.31. The van der Waals surface area contributed by atoms with Crippen LogP contribution in [0.4, 0.5) is 5.00 Å². The standard InChI is InChI=1S/C25H33N3O6S2/c1-33-13-5-10-26-24(30)23-20-8-2-3-9-22(20)35-25(23)27-17-21(29)18-6-4-7-19(16-18)36(31,32)28-11-14-34-15-12-28/h4,6-7,16,27H,2-3,5,8-15,17H2,1H3,(H,26,30). The van der Waals surface area contributed by atoms with Crippen LogP contribution in [-0.4, -0.2) is 77.5 Å². The summed E-state index contributed by atoms with van der Waals surface area (Å²) in [5, 5.41) is 6.84. The molecule has 0 spiro atoms. The molecule has 0 saturated carbocycles. The van der Waals surface area contributed by atoms with Gasteiger partial charge in [0.05, 0.1) is 30.2 Å². The number of ketones is 1. The highest BCUT2D eigenvalue weighted by atomic mass is 32.2. The summed E-state index contributed by atoms with van der Waals surface area (Å²) in [6.45, 7) is 2.35. The molecule has 0 bridgehead atoms. The highest BCUT2D eigenvalue weighted by Gasteiger charge is 2.28. The molecule has 11 heteroatoms. The Morgan fingerprint density at radius 3 is 2.72 bits per heavy atom. The van der Waals surface area contributed by atoms with Gasteiger partial charge in [0, 0.05) is 43.8 Å². The Morgan fingerprint density at radius 2 is 1.94 bits per heavy atom. The number of carbonyl (C=O) groups excluding carboxylic acids is 2. The molecule has 2 heterocycles. The number of amides is 1. The number of hydrogen-bond donors (Lipinski definition) is 2. The Labute approximate surface area is 216 Å². The fourth-order valence-electron chi connectivity index (χ4n) is 4.47. The zero-order valence-corrected chi connectivity index (χ0v) is 22.1. The lowest BCUT2D eigenvalue weighted by molar-refractivity contribution is 0.0730. The van der Waals surface area contributed by atoms with Gasteiger partial charge in [-0.25, -0.2) is 8.42 Å². The van der Waals surface area contributed by atoms with Crippen molar-refractivity contribution in [3.8, 4) is 0 Å². The predicted molar refractivity (Wildman–Crippen MR) is 139 cm³/mol. The number of rotatable bonds is 11. The molecule has 4 rings (SSSR count). The van der Waals surface area contributed by atoms with E-state index < -0.39 is 10.0 Å². The van der Waals surface area contributed by atoms with Crippen LogP contribution in [0.2, 0.25) is 0 Å². The Bertz CT molecular complexity index is 1190. The van der Waals surface area contributed by atoms with Gasteiger partial charge in [-0.15, -0.1) is 11.3 Å². The van der Waals surface area contributed by atoms with E-state index in [1.54, 1.807) is 19.2 Å². The molecule has 1 aromatic heterocycles. The van der Waals surface area contributed by atoms with Crippen molar-refractivity contribution in [1.82, 2.24) is 9.62 Å². The van der Waals surface area contributed by atoms with Crippen molar-refractivity contribution in [1.29, 1.82) is 0 Å². The molecule has 9 nitrogen and oxygen atoms in total. The van der Waals surface area contributed by atoms with E-state index in [1.165, 1.54) is 32.7 Å². The zero-order valence-electron chi connectivity index (χ0n) is 20.5. The van der Waals surface area contributed by atoms with Crippen LogP contribution in [0, 0.1) is 0 Å². The first-order valence-corrected chi connectivity index (χ1v) is 14.5. The summed E-state index contributed by atoms with van der Waals surface area (Å²) < 4.78 is 37.7. The topological polar surface area (TPSA) is 114 Å². The Balaban J connectivity index is 1.47. The fourth-order valence-corrected chi connectivity index (χ4v) is 7.20. The predicted octanol–water partition coefficient (Wildman–Crippen LogP) is 2.71. The molecular weight excluding hydrogens is 502 g/mol. The third-order valence-electron chi connectivity index (χ3n) is 6.38. The number of sulfonamides is 1. The summed E-state index contributed by atoms with van der Waals surface area (Å²) in [4.78, 5) is 27.4. The lowest BCUT2D eigenvalue weighted by Crippen LogP contribution is -2.40. The lowest BCUT2D eigenvalue weighted by Gasteiger charge is -2.26. The SMILES string of the molecule is COCCCNC(=O)c1c(NCC(=O)c2cccc(S(=O)(=O)N3CCOCC3)c2)sc2c1CCCC2. The zero-order chi connectivity index (χ0) is 25.5. The number of fused-ring (bicyclic) bond motifs is 1. The number of hydrogen-bond acceptors (Lipinski definition) is 8. The maximum Gasteiger partial charge on any atom is 0.254 e. The van der Waals surface area contributed by atoms with E-state index in [0.717, 1.165) is 37.7 Å². The maximum atomic E-state index is 13.0. The first kappa shape index (κ1) is 26.7. The number of Topliss-reactive ketones (excluding diaryl/α,β-unsaturated/α-hetero) is 1. The molecule has 0 unspecified atom stereocenters. The van der Waals surface area contributed by atoms with Gasteiger partial charge in [-0.1, -0.05) is 12.1 Å². The van der Waals surface area contributed by atoms with Crippen molar-refractivity contribution in [2.45, 2.75) is 37.0 Å². The number of ether oxygens (including phenoxy) is 2. The van der Waals surface area contributed by atoms with Gasteiger partial charge in [-0.2, -0.15) is 4.31 Å². The molecule has 36 heavy (non-hydrogen) atoms. The number of anilines is 1. The van der Waals surface area contributed by atoms with E-state index in [9.17, 15) is 18.0 Å².